The summed E-state index contributed by atoms with van der Waals surface area (Å²) in [7, 11) is 2.99. The van der Waals surface area contributed by atoms with Gasteiger partial charge in [0, 0.05) is 65.8 Å². The van der Waals surface area contributed by atoms with Crippen LogP contribution >= 0.6 is 0 Å². The molecule has 6 rings (SSSR count). The Kier molecular flexibility index (Phi) is 13.8. The molecule has 4 aromatic rings. The fraction of sp³-hybridized carbons (Fsp3) is 0.222. The minimum atomic E-state index is 0.250. The molecule has 0 aliphatic carbocycles. The highest BCUT2D eigenvalue weighted by atomic mass is 16.5. The number of nitrogens with zero attached hydrogens (tertiary/aromatic N) is 6. The topological polar surface area (TPSA) is 168 Å². The van der Waals surface area contributed by atoms with Gasteiger partial charge in [-0.05, 0) is 31.2 Å². The second-order valence-electron chi connectivity index (χ2n) is 10.0. The zero-order valence-electron chi connectivity index (χ0n) is 27.4. The van der Waals surface area contributed by atoms with Gasteiger partial charge in [0.05, 0.1) is 62.2 Å². The number of ether oxygens (including phenoxy) is 4. The lowest BCUT2D eigenvalue weighted by atomic mass is 10.1. The van der Waals surface area contributed by atoms with Crippen LogP contribution in [0, 0.1) is 0 Å². The van der Waals surface area contributed by atoms with E-state index in [0.29, 0.717) is 47.5 Å². The van der Waals surface area contributed by atoms with Crippen molar-refractivity contribution in [3.63, 3.8) is 0 Å². The molecule has 49 heavy (non-hydrogen) atoms. The molecule has 0 aromatic carbocycles. The SMILES string of the molecule is CCO.COc1cc(C=O)c(OCc2cccnc2C2=CC=NC2)cn1.COc1cc(C=O)c(OCc2cccnc2C2=CC=NC2)cn1. The normalized spacial score (nSPS) is 12.4. The second kappa shape index (κ2) is 18.9. The van der Waals surface area contributed by atoms with Gasteiger partial charge >= 0.3 is 0 Å². The van der Waals surface area contributed by atoms with Crippen molar-refractivity contribution in [3.05, 3.63) is 107 Å². The van der Waals surface area contributed by atoms with Gasteiger partial charge in [0.2, 0.25) is 11.8 Å². The van der Waals surface area contributed by atoms with E-state index in [1.54, 1.807) is 43.9 Å². The molecule has 0 bridgehead atoms. The molecule has 0 amide bonds. The van der Waals surface area contributed by atoms with Gasteiger partial charge in [0.15, 0.2) is 12.6 Å². The van der Waals surface area contributed by atoms with Gasteiger partial charge in [0.25, 0.3) is 0 Å². The predicted octanol–water partition coefficient (Wildman–Crippen LogP) is 4.69. The second-order valence-corrected chi connectivity index (χ2v) is 10.0. The number of carbonyl (C=O) groups is 2. The van der Waals surface area contributed by atoms with E-state index >= 15 is 0 Å². The Morgan fingerprint density at radius 3 is 1.49 bits per heavy atom. The number of hydrogen-bond donors (Lipinski definition) is 1. The Morgan fingerprint density at radius 2 is 1.14 bits per heavy atom. The van der Waals surface area contributed by atoms with Crippen molar-refractivity contribution in [2.75, 3.05) is 33.9 Å². The van der Waals surface area contributed by atoms with Gasteiger partial charge in [-0.1, -0.05) is 12.1 Å². The van der Waals surface area contributed by atoms with Crippen LogP contribution in [0.1, 0.15) is 50.2 Å². The van der Waals surface area contributed by atoms with Crippen LogP contribution in [0.2, 0.25) is 0 Å². The summed E-state index contributed by atoms with van der Waals surface area (Å²) >= 11 is 0. The number of aliphatic hydroxyl groups excluding tert-OH is 1. The zero-order chi connectivity index (χ0) is 34.8. The van der Waals surface area contributed by atoms with Crippen molar-refractivity contribution in [2.45, 2.75) is 20.1 Å². The third-order valence-corrected chi connectivity index (χ3v) is 6.86. The summed E-state index contributed by atoms with van der Waals surface area (Å²) in [6.45, 7) is 3.74. The first-order valence-electron chi connectivity index (χ1n) is 15.2. The molecule has 6 heterocycles. The third-order valence-electron chi connectivity index (χ3n) is 6.86. The Morgan fingerprint density at radius 1 is 0.714 bits per heavy atom. The number of pyridine rings is 4. The Bertz CT molecular complexity index is 1720. The number of aldehydes is 2. The van der Waals surface area contributed by atoms with Crippen LogP contribution in [0.15, 0.2) is 83.3 Å². The van der Waals surface area contributed by atoms with E-state index in [-0.39, 0.29) is 19.8 Å². The van der Waals surface area contributed by atoms with E-state index in [1.807, 2.05) is 36.4 Å². The summed E-state index contributed by atoms with van der Waals surface area (Å²) in [5.74, 6) is 1.56. The number of aromatic nitrogens is 4. The quantitative estimate of drug-likeness (QED) is 0.209. The highest BCUT2D eigenvalue weighted by Gasteiger charge is 2.14. The van der Waals surface area contributed by atoms with Crippen molar-refractivity contribution in [1.29, 1.82) is 0 Å². The van der Waals surface area contributed by atoms with E-state index in [2.05, 4.69) is 29.9 Å². The highest BCUT2D eigenvalue weighted by molar-refractivity contribution is 5.90. The Hall–Kier alpha value is -6.08. The third kappa shape index (κ3) is 9.95. The lowest BCUT2D eigenvalue weighted by Crippen LogP contribution is -2.04. The minimum absolute atomic E-state index is 0.250. The maximum atomic E-state index is 11.2. The van der Waals surface area contributed by atoms with Crippen LogP contribution in [-0.4, -0.2) is 84.0 Å². The number of carbonyl (C=O) groups excluding carboxylic acids is 2. The van der Waals surface area contributed by atoms with Crippen LogP contribution in [0.3, 0.4) is 0 Å². The largest absolute Gasteiger partial charge is 0.486 e. The summed E-state index contributed by atoms with van der Waals surface area (Å²) in [5, 5.41) is 7.57. The summed E-state index contributed by atoms with van der Waals surface area (Å²) in [6, 6.07) is 10.7. The lowest BCUT2D eigenvalue weighted by molar-refractivity contribution is 0.111. The molecule has 0 radical (unpaired) electrons. The number of allylic oxidation sites excluding steroid dienone is 2. The highest BCUT2D eigenvalue weighted by Crippen LogP contribution is 2.25. The molecule has 0 saturated heterocycles. The van der Waals surface area contributed by atoms with Gasteiger partial charge in [-0.2, -0.15) is 0 Å². The minimum Gasteiger partial charge on any atom is -0.486 e. The number of hydrogen-bond acceptors (Lipinski definition) is 13. The predicted molar refractivity (Wildman–Crippen MR) is 185 cm³/mol. The van der Waals surface area contributed by atoms with E-state index in [0.717, 1.165) is 46.2 Å². The van der Waals surface area contributed by atoms with Crippen molar-refractivity contribution < 1.29 is 33.6 Å². The Labute approximate surface area is 283 Å². The number of aliphatic hydroxyl groups is 1. The first-order valence-corrected chi connectivity index (χ1v) is 15.2. The summed E-state index contributed by atoms with van der Waals surface area (Å²) in [5.41, 5.74) is 6.46. The monoisotopic (exact) mass is 664 g/mol. The molecule has 0 unspecified atom stereocenters. The fourth-order valence-electron chi connectivity index (χ4n) is 4.53. The van der Waals surface area contributed by atoms with Crippen LogP contribution in [-0.2, 0) is 13.2 Å². The maximum absolute atomic E-state index is 11.2. The molecule has 0 saturated carbocycles. The first-order chi connectivity index (χ1) is 24.0. The van der Waals surface area contributed by atoms with E-state index < -0.39 is 0 Å². The maximum Gasteiger partial charge on any atom is 0.213 e. The molecular formula is C36H36N6O7. The first kappa shape index (κ1) is 35.8. The van der Waals surface area contributed by atoms with Crippen LogP contribution < -0.4 is 18.9 Å². The average Bonchev–Trinajstić information content (AvgIpc) is 3.90. The van der Waals surface area contributed by atoms with Crippen molar-refractivity contribution in [2.24, 2.45) is 9.98 Å². The smallest absolute Gasteiger partial charge is 0.213 e. The molecule has 0 atom stereocenters. The van der Waals surface area contributed by atoms with Crippen molar-refractivity contribution in [1.82, 2.24) is 19.9 Å². The molecule has 0 fully saturated rings. The molecule has 252 valence electrons. The number of aliphatic imine (C=N–C) groups is 2. The number of rotatable bonds is 12. The van der Waals surface area contributed by atoms with Crippen LogP contribution in [0.5, 0.6) is 23.3 Å². The van der Waals surface area contributed by atoms with Crippen LogP contribution in [0.4, 0.5) is 0 Å². The lowest BCUT2D eigenvalue weighted by Gasteiger charge is -2.12. The average molecular weight is 665 g/mol. The van der Waals surface area contributed by atoms with E-state index in [9.17, 15) is 9.59 Å². The van der Waals surface area contributed by atoms with Gasteiger partial charge in [-0.3, -0.25) is 29.5 Å². The zero-order valence-corrected chi connectivity index (χ0v) is 27.4. The van der Waals surface area contributed by atoms with Gasteiger partial charge in [0.1, 0.15) is 24.7 Å². The fourth-order valence-corrected chi connectivity index (χ4v) is 4.53. The Balaban J connectivity index is 0.000000205. The molecule has 0 spiro atoms. The molecule has 1 N–H and O–H groups in total. The van der Waals surface area contributed by atoms with E-state index in [4.69, 9.17) is 24.1 Å². The van der Waals surface area contributed by atoms with Gasteiger partial charge in [-0.15, -0.1) is 0 Å². The van der Waals surface area contributed by atoms with Crippen molar-refractivity contribution in [3.8, 4) is 23.3 Å². The molecule has 2 aliphatic heterocycles. The molecular weight excluding hydrogens is 628 g/mol. The molecule has 13 heteroatoms. The van der Waals surface area contributed by atoms with E-state index in [1.165, 1.54) is 26.6 Å². The summed E-state index contributed by atoms with van der Waals surface area (Å²) in [4.78, 5) is 47.7. The van der Waals surface area contributed by atoms with Crippen LogP contribution in [0.25, 0.3) is 11.1 Å². The standard InChI is InChI=1S/2C17H15N3O3.C2H6O/c2*1-22-16-7-14(10-21)15(9-20-16)23-11-13-3-2-5-19-17(13)12-4-6-18-8-12;1-2-3/h2*2-7,9-10H,8,11H2,1H3;3H,2H2,1H3. The summed E-state index contributed by atoms with van der Waals surface area (Å²) in [6.07, 6.45) is 15.3. The number of methoxy groups -OCH3 is 2. The molecule has 2 aliphatic rings. The van der Waals surface area contributed by atoms with Gasteiger partial charge < -0.3 is 24.1 Å². The molecule has 4 aromatic heterocycles. The summed E-state index contributed by atoms with van der Waals surface area (Å²) < 4.78 is 21.5. The van der Waals surface area contributed by atoms with Gasteiger partial charge in [-0.25, -0.2) is 9.97 Å². The van der Waals surface area contributed by atoms with Crippen molar-refractivity contribution >= 4 is 36.1 Å². The molecule has 13 nitrogen and oxygen atoms in total.